The summed E-state index contributed by atoms with van der Waals surface area (Å²) in [6.07, 6.45) is 4.74. The minimum Gasteiger partial charge on any atom is -0.434 e. The molecule has 1 N–H and O–H groups in total. The Kier molecular flexibility index (Phi) is 2.05. The molecule has 1 aromatic heterocycles. The van der Waals surface area contributed by atoms with Crippen molar-refractivity contribution >= 4 is 12.2 Å². The predicted octanol–water partition coefficient (Wildman–Crippen LogP) is 3.17. The molecule has 0 saturated carbocycles. The van der Waals surface area contributed by atoms with E-state index >= 15 is 0 Å². The third-order valence-electron chi connectivity index (χ3n) is 2.61. The van der Waals surface area contributed by atoms with E-state index in [0.29, 0.717) is 10.8 Å². The molecule has 12 heavy (non-hydrogen) atoms. The molecule has 1 aliphatic rings. The monoisotopic (exact) mass is 183 g/mol. The number of aryl methyl sites for hydroxylation is 1. The number of rotatable bonds is 1. The highest BCUT2D eigenvalue weighted by Crippen LogP contribution is 2.32. The van der Waals surface area contributed by atoms with Gasteiger partial charge in [-0.25, -0.2) is 0 Å². The van der Waals surface area contributed by atoms with Crippen molar-refractivity contribution < 1.29 is 4.42 Å². The molecule has 0 aromatic carbocycles. The van der Waals surface area contributed by atoms with Crippen LogP contribution in [0.2, 0.25) is 0 Å². The summed E-state index contributed by atoms with van der Waals surface area (Å²) in [5, 5.41) is 0. The SMILES string of the molecule is CCC1CCCc2oc(=S)[nH]c21. The lowest BCUT2D eigenvalue weighted by atomic mass is 9.89. The molecule has 0 fully saturated rings. The fraction of sp³-hybridized carbons (Fsp3) is 0.667. The highest BCUT2D eigenvalue weighted by molar-refractivity contribution is 7.71. The van der Waals surface area contributed by atoms with E-state index in [9.17, 15) is 0 Å². The Hall–Kier alpha value is -0.570. The Labute approximate surface area is 77.0 Å². The Morgan fingerprint density at radius 1 is 1.67 bits per heavy atom. The average molecular weight is 183 g/mol. The van der Waals surface area contributed by atoms with Crippen LogP contribution in [0.25, 0.3) is 0 Å². The first-order valence-electron chi connectivity index (χ1n) is 4.53. The van der Waals surface area contributed by atoms with Crippen molar-refractivity contribution in [1.29, 1.82) is 0 Å². The first kappa shape index (κ1) is 8.05. The second-order valence-corrected chi connectivity index (χ2v) is 3.72. The summed E-state index contributed by atoms with van der Waals surface area (Å²) >= 11 is 4.96. The van der Waals surface area contributed by atoms with Crippen LogP contribution < -0.4 is 0 Å². The number of hydrogen-bond donors (Lipinski definition) is 1. The van der Waals surface area contributed by atoms with Gasteiger partial charge >= 0.3 is 0 Å². The van der Waals surface area contributed by atoms with Crippen LogP contribution >= 0.6 is 12.2 Å². The summed E-state index contributed by atoms with van der Waals surface area (Å²) < 4.78 is 5.40. The molecule has 3 heteroatoms. The van der Waals surface area contributed by atoms with Crippen LogP contribution in [0.4, 0.5) is 0 Å². The van der Waals surface area contributed by atoms with E-state index in [4.69, 9.17) is 16.6 Å². The zero-order valence-electron chi connectivity index (χ0n) is 7.22. The summed E-state index contributed by atoms with van der Waals surface area (Å²) in [6, 6.07) is 0. The topological polar surface area (TPSA) is 28.9 Å². The molecule has 0 saturated heterocycles. The third kappa shape index (κ3) is 1.22. The molecule has 0 radical (unpaired) electrons. The first-order chi connectivity index (χ1) is 5.81. The van der Waals surface area contributed by atoms with Crippen LogP contribution in [0.5, 0.6) is 0 Å². The van der Waals surface area contributed by atoms with Gasteiger partial charge in [-0.3, -0.25) is 0 Å². The molecule has 66 valence electrons. The van der Waals surface area contributed by atoms with Crippen LogP contribution in [-0.2, 0) is 6.42 Å². The molecule has 0 spiro atoms. The zero-order valence-corrected chi connectivity index (χ0v) is 8.04. The molecular formula is C9H13NOS. The van der Waals surface area contributed by atoms with Gasteiger partial charge in [-0.05, 0) is 31.5 Å². The number of fused-ring (bicyclic) bond motifs is 1. The Balaban J connectivity index is 2.43. The van der Waals surface area contributed by atoms with Crippen LogP contribution in [0, 0.1) is 4.84 Å². The normalized spacial score (nSPS) is 22.2. The lowest BCUT2D eigenvalue weighted by Gasteiger charge is -2.18. The van der Waals surface area contributed by atoms with Crippen LogP contribution in [0.1, 0.15) is 43.6 Å². The van der Waals surface area contributed by atoms with Gasteiger partial charge in [0.2, 0.25) is 0 Å². The smallest absolute Gasteiger partial charge is 0.266 e. The number of aromatic amines is 1. The predicted molar refractivity (Wildman–Crippen MR) is 49.9 cm³/mol. The van der Waals surface area contributed by atoms with Crippen molar-refractivity contribution in [2.75, 3.05) is 0 Å². The van der Waals surface area contributed by atoms with E-state index in [1.54, 1.807) is 0 Å². The van der Waals surface area contributed by atoms with Gasteiger partial charge in [0.1, 0.15) is 5.76 Å². The molecule has 1 unspecified atom stereocenters. The van der Waals surface area contributed by atoms with Crippen LogP contribution in [-0.4, -0.2) is 4.98 Å². The van der Waals surface area contributed by atoms with E-state index < -0.39 is 0 Å². The first-order valence-corrected chi connectivity index (χ1v) is 4.94. The van der Waals surface area contributed by atoms with Gasteiger partial charge in [-0.2, -0.15) is 0 Å². The van der Waals surface area contributed by atoms with Crippen LogP contribution in [0.15, 0.2) is 4.42 Å². The maximum absolute atomic E-state index is 5.40. The molecule has 1 atom stereocenters. The summed E-state index contributed by atoms with van der Waals surface area (Å²) in [5.41, 5.74) is 1.26. The Bertz CT molecular complexity index is 326. The molecule has 0 amide bonds. The summed E-state index contributed by atoms with van der Waals surface area (Å²) in [5.74, 6) is 1.74. The maximum atomic E-state index is 5.40. The quantitative estimate of drug-likeness (QED) is 0.677. The van der Waals surface area contributed by atoms with Crippen LogP contribution in [0.3, 0.4) is 0 Å². The fourth-order valence-corrected chi connectivity index (χ4v) is 2.16. The zero-order chi connectivity index (χ0) is 8.55. The highest BCUT2D eigenvalue weighted by Gasteiger charge is 2.22. The maximum Gasteiger partial charge on any atom is 0.266 e. The summed E-state index contributed by atoms with van der Waals surface area (Å²) in [7, 11) is 0. The van der Waals surface area contributed by atoms with Gasteiger partial charge in [0.05, 0.1) is 5.69 Å². The molecule has 0 bridgehead atoms. The van der Waals surface area contributed by atoms with E-state index in [0.717, 1.165) is 12.2 Å². The Morgan fingerprint density at radius 3 is 3.25 bits per heavy atom. The molecule has 1 heterocycles. The summed E-state index contributed by atoms with van der Waals surface area (Å²) in [6.45, 7) is 2.21. The molecule has 1 aromatic rings. The van der Waals surface area contributed by atoms with Gasteiger partial charge in [-0.1, -0.05) is 6.92 Å². The number of H-pyrrole nitrogens is 1. The summed E-state index contributed by atoms with van der Waals surface area (Å²) in [4.78, 5) is 3.69. The lowest BCUT2D eigenvalue weighted by Crippen LogP contribution is -2.07. The highest BCUT2D eigenvalue weighted by atomic mass is 32.1. The van der Waals surface area contributed by atoms with E-state index in [1.165, 1.54) is 25.0 Å². The second kappa shape index (κ2) is 3.05. The van der Waals surface area contributed by atoms with Crippen molar-refractivity contribution in [3.8, 4) is 0 Å². The minimum atomic E-state index is 0.542. The van der Waals surface area contributed by atoms with Crippen molar-refractivity contribution in [2.45, 2.75) is 38.5 Å². The molecule has 1 aliphatic carbocycles. The van der Waals surface area contributed by atoms with Crippen molar-refractivity contribution in [3.63, 3.8) is 0 Å². The van der Waals surface area contributed by atoms with E-state index in [2.05, 4.69) is 11.9 Å². The average Bonchev–Trinajstić information content (AvgIpc) is 2.44. The van der Waals surface area contributed by atoms with Crippen molar-refractivity contribution in [2.24, 2.45) is 0 Å². The Morgan fingerprint density at radius 2 is 2.50 bits per heavy atom. The van der Waals surface area contributed by atoms with E-state index in [1.807, 2.05) is 0 Å². The number of nitrogens with one attached hydrogen (secondary N) is 1. The fourth-order valence-electron chi connectivity index (χ4n) is 1.95. The standard InChI is InChI=1S/C9H13NOS/c1-2-6-4-3-5-7-8(6)10-9(12)11-7/h6H,2-5H2,1H3,(H,10,12). The van der Waals surface area contributed by atoms with Gasteiger partial charge < -0.3 is 9.40 Å². The molecule has 2 nitrogen and oxygen atoms in total. The number of oxazole rings is 1. The number of hydrogen-bond acceptors (Lipinski definition) is 2. The largest absolute Gasteiger partial charge is 0.434 e. The molecule has 0 aliphatic heterocycles. The van der Waals surface area contributed by atoms with E-state index in [-0.39, 0.29) is 0 Å². The third-order valence-corrected chi connectivity index (χ3v) is 2.80. The lowest BCUT2D eigenvalue weighted by molar-refractivity contribution is 0.439. The molecule has 2 rings (SSSR count). The minimum absolute atomic E-state index is 0.542. The second-order valence-electron chi connectivity index (χ2n) is 3.35. The number of aromatic nitrogens is 1. The van der Waals surface area contributed by atoms with Crippen molar-refractivity contribution in [1.82, 2.24) is 4.98 Å². The molecular weight excluding hydrogens is 170 g/mol. The van der Waals surface area contributed by atoms with Gasteiger partial charge in [0.25, 0.3) is 4.84 Å². The van der Waals surface area contributed by atoms with Gasteiger partial charge in [-0.15, -0.1) is 0 Å². The van der Waals surface area contributed by atoms with Gasteiger partial charge in [0.15, 0.2) is 0 Å². The van der Waals surface area contributed by atoms with Gasteiger partial charge in [0, 0.05) is 12.3 Å². The van der Waals surface area contributed by atoms with Crippen molar-refractivity contribution in [3.05, 3.63) is 16.3 Å².